The third-order valence-electron chi connectivity index (χ3n) is 10.7. The Kier molecular flexibility index (Phi) is 10.7. The van der Waals surface area contributed by atoms with Crippen LogP contribution < -0.4 is 31.0 Å². The first-order valence-corrected chi connectivity index (χ1v) is 18.1. The van der Waals surface area contributed by atoms with Gasteiger partial charge in [-0.3, -0.25) is 33.8 Å². The number of hydrogen-bond donors (Lipinski definition) is 1. The topological polar surface area (TPSA) is 144 Å². The molecule has 2 saturated heterocycles. The molecule has 2 aromatic carbocycles. The number of hydrogen-bond acceptors (Lipinski definition) is 10. The van der Waals surface area contributed by atoms with Crippen molar-refractivity contribution in [3.05, 3.63) is 110 Å². The van der Waals surface area contributed by atoms with Gasteiger partial charge in [0.15, 0.2) is 0 Å². The van der Waals surface area contributed by atoms with Crippen LogP contribution in [0.4, 0.5) is 0 Å². The number of ether oxygens (including phenoxy) is 3. The number of H-pyrrole nitrogens is 1. The number of pyridine rings is 2. The maximum Gasteiger partial charge on any atom is 0.333 e. The molecule has 0 saturated carbocycles. The van der Waals surface area contributed by atoms with Crippen LogP contribution in [0.1, 0.15) is 28.8 Å². The van der Waals surface area contributed by atoms with E-state index in [1.165, 1.54) is 23.9 Å². The number of methoxy groups -OCH3 is 3. The summed E-state index contributed by atoms with van der Waals surface area (Å²) in [7, 11) is 6.59. The molecule has 1 N–H and O–H groups in total. The van der Waals surface area contributed by atoms with E-state index in [0.717, 1.165) is 79.1 Å². The van der Waals surface area contributed by atoms with Gasteiger partial charge in [-0.25, -0.2) is 4.79 Å². The van der Waals surface area contributed by atoms with E-state index < -0.39 is 11.2 Å². The second-order valence-corrected chi connectivity index (χ2v) is 13.9. The van der Waals surface area contributed by atoms with Crippen molar-refractivity contribution < 1.29 is 19.0 Å². The molecule has 0 aliphatic carbocycles. The molecule has 282 valence electrons. The van der Waals surface area contributed by atoms with Crippen molar-refractivity contribution in [2.75, 3.05) is 67.1 Å². The zero-order valence-electron chi connectivity index (χ0n) is 31.0. The Morgan fingerprint density at radius 1 is 0.833 bits per heavy atom. The van der Waals surface area contributed by atoms with Crippen LogP contribution in [0, 0.1) is 5.92 Å². The summed E-state index contributed by atoms with van der Waals surface area (Å²) >= 11 is 0. The number of amides is 1. The Bertz CT molecular complexity index is 2330. The number of aromatic amines is 1. The summed E-state index contributed by atoms with van der Waals surface area (Å²) in [6.45, 7) is 6.68. The molecule has 14 nitrogen and oxygen atoms in total. The van der Waals surface area contributed by atoms with E-state index in [9.17, 15) is 19.2 Å². The number of carbonyl (C=O) groups is 1. The number of carbonyl (C=O) groups excluding carboxylic acids is 1. The van der Waals surface area contributed by atoms with Gasteiger partial charge in [0.2, 0.25) is 0 Å². The second-order valence-electron chi connectivity index (χ2n) is 13.9. The molecule has 2 aliphatic heterocycles. The minimum atomic E-state index is -0.605. The molecular formula is C40H45N7O7. The van der Waals surface area contributed by atoms with E-state index in [1.54, 1.807) is 56.4 Å². The molecule has 0 spiro atoms. The van der Waals surface area contributed by atoms with E-state index in [4.69, 9.17) is 14.2 Å². The quantitative estimate of drug-likeness (QED) is 0.227. The van der Waals surface area contributed by atoms with Gasteiger partial charge in [-0.1, -0.05) is 0 Å². The zero-order valence-corrected chi connectivity index (χ0v) is 31.0. The smallest absolute Gasteiger partial charge is 0.333 e. The number of piperidine rings is 1. The Labute approximate surface area is 312 Å². The highest BCUT2D eigenvalue weighted by molar-refractivity contribution is 5.96. The van der Waals surface area contributed by atoms with E-state index in [0.29, 0.717) is 47.9 Å². The summed E-state index contributed by atoms with van der Waals surface area (Å²) in [5.74, 6) is 2.28. The van der Waals surface area contributed by atoms with Gasteiger partial charge >= 0.3 is 5.69 Å². The molecule has 5 heterocycles. The van der Waals surface area contributed by atoms with Crippen LogP contribution in [0.5, 0.6) is 17.2 Å². The predicted molar refractivity (Wildman–Crippen MR) is 205 cm³/mol. The van der Waals surface area contributed by atoms with Crippen molar-refractivity contribution in [1.82, 2.24) is 33.8 Å². The van der Waals surface area contributed by atoms with Crippen molar-refractivity contribution >= 4 is 16.7 Å². The van der Waals surface area contributed by atoms with Gasteiger partial charge in [-0.15, -0.1) is 0 Å². The highest BCUT2D eigenvalue weighted by Crippen LogP contribution is 2.38. The number of likely N-dealkylation sites (tertiary alicyclic amines) is 1. The number of aromatic nitrogens is 4. The summed E-state index contributed by atoms with van der Waals surface area (Å²) in [5.41, 5.74) is 2.43. The number of piperazine rings is 1. The fraction of sp³-hybridized carbons (Fsp3) is 0.375. The Hall–Kier alpha value is -5.73. The van der Waals surface area contributed by atoms with Crippen LogP contribution >= 0.6 is 0 Å². The Morgan fingerprint density at radius 2 is 1.52 bits per heavy atom. The molecule has 0 radical (unpaired) electrons. The van der Waals surface area contributed by atoms with Crippen LogP contribution in [0.2, 0.25) is 0 Å². The van der Waals surface area contributed by atoms with E-state index in [1.807, 2.05) is 29.3 Å². The highest BCUT2D eigenvalue weighted by Gasteiger charge is 2.28. The number of nitrogens with one attached hydrogen (secondary N) is 1. The Morgan fingerprint density at radius 3 is 2.19 bits per heavy atom. The maximum absolute atomic E-state index is 13.6. The third kappa shape index (κ3) is 7.39. The fourth-order valence-corrected chi connectivity index (χ4v) is 7.68. The normalized spacial score (nSPS) is 15.7. The molecule has 0 atom stereocenters. The number of aryl methyl sites for hydroxylation is 1. The largest absolute Gasteiger partial charge is 0.496 e. The fourth-order valence-electron chi connectivity index (χ4n) is 7.68. The lowest BCUT2D eigenvalue weighted by atomic mass is 9.95. The van der Waals surface area contributed by atoms with Crippen molar-refractivity contribution in [2.24, 2.45) is 13.0 Å². The van der Waals surface area contributed by atoms with Gasteiger partial charge in [0.05, 0.1) is 38.0 Å². The molecule has 0 bridgehead atoms. The summed E-state index contributed by atoms with van der Waals surface area (Å²) in [5, 5.41) is 1.39. The second kappa shape index (κ2) is 15.7. The number of rotatable bonds is 10. The summed E-state index contributed by atoms with van der Waals surface area (Å²) < 4.78 is 20.1. The summed E-state index contributed by atoms with van der Waals surface area (Å²) in [6, 6.07) is 12.2. The molecule has 14 heteroatoms. The molecule has 2 fully saturated rings. The minimum Gasteiger partial charge on any atom is -0.496 e. The van der Waals surface area contributed by atoms with Gasteiger partial charge in [0.1, 0.15) is 17.2 Å². The molecule has 1 amide bonds. The predicted octanol–water partition coefficient (Wildman–Crippen LogP) is 3.14. The van der Waals surface area contributed by atoms with Gasteiger partial charge in [-0.2, -0.15) is 0 Å². The molecule has 54 heavy (non-hydrogen) atoms. The molecular weight excluding hydrogens is 690 g/mol. The first-order valence-electron chi connectivity index (χ1n) is 18.1. The zero-order chi connectivity index (χ0) is 37.9. The molecule has 0 unspecified atom stereocenters. The number of fused-ring (bicyclic) bond motifs is 1. The van der Waals surface area contributed by atoms with Crippen molar-refractivity contribution in [3.8, 4) is 34.1 Å². The van der Waals surface area contributed by atoms with Crippen LogP contribution in [-0.4, -0.2) is 107 Å². The Balaban J connectivity index is 0.954. The molecule has 5 aromatic rings. The van der Waals surface area contributed by atoms with Gasteiger partial charge in [-0.05, 0) is 66.1 Å². The molecule has 2 aliphatic rings. The van der Waals surface area contributed by atoms with Crippen molar-refractivity contribution in [2.45, 2.75) is 19.4 Å². The van der Waals surface area contributed by atoms with Crippen LogP contribution in [0.25, 0.3) is 27.6 Å². The first kappa shape index (κ1) is 36.6. The standard InChI is InChI=1S/C40H45N7O7/c1-43-24-31(29-7-11-41-22-30(29)39(43)50)28-20-35(53-3)32(36(21-28)54-4)25-45-17-15-44(16-18-45)23-26-8-12-46(13-9-26)38(49)27-5-6-34(52-2)33(19-27)47-14-10-37(48)42-40(47)51/h5-7,10-11,14,19-22,24,26H,8-9,12-13,15-18,23,25H2,1-4H3,(H,42,48,51). The van der Waals surface area contributed by atoms with E-state index in [-0.39, 0.29) is 11.5 Å². The average Bonchev–Trinajstić information content (AvgIpc) is 3.20. The lowest BCUT2D eigenvalue weighted by molar-refractivity contribution is 0.0628. The summed E-state index contributed by atoms with van der Waals surface area (Å²) in [6.07, 6.45) is 8.35. The highest BCUT2D eigenvalue weighted by atomic mass is 16.5. The lowest BCUT2D eigenvalue weighted by Crippen LogP contribution is -2.48. The van der Waals surface area contributed by atoms with Crippen molar-refractivity contribution in [1.29, 1.82) is 0 Å². The van der Waals surface area contributed by atoms with E-state index >= 15 is 0 Å². The van der Waals surface area contributed by atoms with Crippen LogP contribution in [0.3, 0.4) is 0 Å². The molecule has 7 rings (SSSR count). The first-order chi connectivity index (χ1) is 26.2. The number of benzene rings is 2. The van der Waals surface area contributed by atoms with Gasteiger partial charge < -0.3 is 28.6 Å². The maximum atomic E-state index is 13.6. The molecule has 3 aromatic heterocycles. The average molecular weight is 736 g/mol. The minimum absolute atomic E-state index is 0.0950. The van der Waals surface area contributed by atoms with E-state index in [2.05, 4.69) is 19.8 Å². The monoisotopic (exact) mass is 735 g/mol. The van der Waals surface area contributed by atoms with Crippen molar-refractivity contribution in [3.63, 3.8) is 0 Å². The van der Waals surface area contributed by atoms with Gasteiger partial charge in [0, 0.05) is 101 Å². The van der Waals surface area contributed by atoms with Crippen LogP contribution in [-0.2, 0) is 13.6 Å². The SMILES string of the molecule is COc1ccc(C(=O)N2CCC(CN3CCN(Cc4c(OC)cc(-c5cn(C)c(=O)c6cnccc56)cc4OC)CC3)CC2)cc1-n1ccc(=O)[nH]c1=O. The lowest BCUT2D eigenvalue weighted by Gasteiger charge is -2.39. The van der Waals surface area contributed by atoms with Gasteiger partial charge in [0.25, 0.3) is 17.0 Å². The third-order valence-corrected chi connectivity index (χ3v) is 10.7. The van der Waals surface area contributed by atoms with Crippen LogP contribution in [0.15, 0.2) is 81.6 Å². The number of nitrogens with zero attached hydrogens (tertiary/aromatic N) is 6. The summed E-state index contributed by atoms with van der Waals surface area (Å²) in [4.78, 5) is 63.6.